The predicted molar refractivity (Wildman–Crippen MR) is 101 cm³/mol. The number of hydrogen-bond acceptors (Lipinski definition) is 4. The molecule has 0 fully saturated rings. The second-order valence-corrected chi connectivity index (χ2v) is 5.89. The summed E-state index contributed by atoms with van der Waals surface area (Å²) in [5.41, 5.74) is 1.90. The molecule has 2 amide bonds. The molecule has 0 unspecified atom stereocenters. The van der Waals surface area contributed by atoms with E-state index >= 15 is 0 Å². The number of carbonyl (C=O) groups excluding carboxylic acids is 2. The van der Waals surface area contributed by atoms with Gasteiger partial charge in [0.1, 0.15) is 0 Å². The fourth-order valence-electron chi connectivity index (χ4n) is 2.38. The van der Waals surface area contributed by atoms with Gasteiger partial charge >= 0.3 is 0 Å². The third kappa shape index (κ3) is 5.13. The predicted octanol–water partition coefficient (Wildman–Crippen LogP) is 3.64. The number of benzene rings is 2. The number of hydrogen-bond donors (Lipinski definition) is 2. The van der Waals surface area contributed by atoms with Gasteiger partial charge < -0.3 is 20.1 Å². The van der Waals surface area contributed by atoms with Crippen LogP contribution in [0.3, 0.4) is 0 Å². The highest BCUT2D eigenvalue weighted by Crippen LogP contribution is 2.36. The Morgan fingerprint density at radius 1 is 1.19 bits per heavy atom. The van der Waals surface area contributed by atoms with E-state index in [1.54, 1.807) is 18.2 Å². The third-order valence-electron chi connectivity index (χ3n) is 3.48. The van der Waals surface area contributed by atoms with Crippen LogP contribution < -0.4 is 20.1 Å². The van der Waals surface area contributed by atoms with Gasteiger partial charge in [-0.3, -0.25) is 9.59 Å². The van der Waals surface area contributed by atoms with E-state index in [0.717, 1.165) is 5.56 Å². The SMILES string of the molecule is CCOc1c(Cl)cc(C(=O)NCc2cccc(NC(C)=O)c2)cc1OC. The van der Waals surface area contributed by atoms with Crippen LogP contribution >= 0.6 is 11.6 Å². The highest BCUT2D eigenvalue weighted by atomic mass is 35.5. The van der Waals surface area contributed by atoms with Crippen molar-refractivity contribution < 1.29 is 19.1 Å². The molecule has 6 nitrogen and oxygen atoms in total. The Hall–Kier alpha value is -2.73. The molecule has 0 aromatic heterocycles. The van der Waals surface area contributed by atoms with E-state index in [-0.39, 0.29) is 11.8 Å². The van der Waals surface area contributed by atoms with E-state index in [9.17, 15) is 9.59 Å². The van der Waals surface area contributed by atoms with Gasteiger partial charge in [-0.25, -0.2) is 0 Å². The molecule has 0 heterocycles. The molecule has 0 radical (unpaired) electrons. The lowest BCUT2D eigenvalue weighted by Gasteiger charge is -2.13. The number of rotatable bonds is 7. The summed E-state index contributed by atoms with van der Waals surface area (Å²) in [6.45, 7) is 4.02. The Balaban J connectivity index is 2.10. The molecule has 2 rings (SSSR count). The summed E-state index contributed by atoms with van der Waals surface area (Å²) in [6.07, 6.45) is 0. The number of nitrogens with one attached hydrogen (secondary N) is 2. The smallest absolute Gasteiger partial charge is 0.251 e. The molecule has 0 aliphatic heterocycles. The molecule has 0 saturated carbocycles. The van der Waals surface area contributed by atoms with E-state index < -0.39 is 0 Å². The second kappa shape index (κ2) is 9.10. The van der Waals surface area contributed by atoms with Gasteiger partial charge in [0.15, 0.2) is 11.5 Å². The largest absolute Gasteiger partial charge is 0.493 e. The van der Waals surface area contributed by atoms with Crippen molar-refractivity contribution >= 4 is 29.1 Å². The first-order valence-corrected chi connectivity index (χ1v) is 8.47. The van der Waals surface area contributed by atoms with E-state index in [1.807, 2.05) is 19.1 Å². The number of carbonyl (C=O) groups is 2. The maximum absolute atomic E-state index is 12.4. The number of halogens is 1. The number of anilines is 1. The Labute approximate surface area is 157 Å². The molecule has 0 bridgehead atoms. The minimum atomic E-state index is -0.293. The minimum Gasteiger partial charge on any atom is -0.493 e. The molecule has 2 aromatic carbocycles. The van der Waals surface area contributed by atoms with Crippen LogP contribution in [-0.2, 0) is 11.3 Å². The summed E-state index contributed by atoms with van der Waals surface area (Å²) in [4.78, 5) is 23.6. The fourth-order valence-corrected chi connectivity index (χ4v) is 2.65. The van der Waals surface area contributed by atoms with E-state index in [4.69, 9.17) is 21.1 Å². The van der Waals surface area contributed by atoms with Crippen LogP contribution in [0.15, 0.2) is 36.4 Å². The van der Waals surface area contributed by atoms with Gasteiger partial charge in [-0.05, 0) is 36.8 Å². The van der Waals surface area contributed by atoms with Gasteiger partial charge in [-0.15, -0.1) is 0 Å². The zero-order chi connectivity index (χ0) is 19.1. The van der Waals surface area contributed by atoms with Crippen LogP contribution in [0, 0.1) is 0 Å². The van der Waals surface area contributed by atoms with Crippen molar-refractivity contribution in [2.75, 3.05) is 19.0 Å². The van der Waals surface area contributed by atoms with Gasteiger partial charge in [0.05, 0.1) is 18.7 Å². The first-order chi connectivity index (χ1) is 12.4. The van der Waals surface area contributed by atoms with Crippen molar-refractivity contribution in [2.45, 2.75) is 20.4 Å². The van der Waals surface area contributed by atoms with Crippen LogP contribution in [0.25, 0.3) is 0 Å². The van der Waals surface area contributed by atoms with Crippen molar-refractivity contribution in [1.29, 1.82) is 0 Å². The number of methoxy groups -OCH3 is 1. The van der Waals surface area contributed by atoms with Crippen LogP contribution in [0.1, 0.15) is 29.8 Å². The van der Waals surface area contributed by atoms with Crippen molar-refractivity contribution in [3.05, 3.63) is 52.5 Å². The number of amides is 2. The topological polar surface area (TPSA) is 76.7 Å². The zero-order valence-corrected chi connectivity index (χ0v) is 15.6. The number of ether oxygens (including phenoxy) is 2. The molecule has 0 aliphatic rings. The maximum Gasteiger partial charge on any atom is 0.251 e. The molecule has 0 aliphatic carbocycles. The molecular weight excluding hydrogens is 356 g/mol. The van der Waals surface area contributed by atoms with E-state index in [2.05, 4.69) is 10.6 Å². The Morgan fingerprint density at radius 3 is 2.62 bits per heavy atom. The molecule has 2 N–H and O–H groups in total. The Morgan fingerprint density at radius 2 is 1.96 bits per heavy atom. The van der Waals surface area contributed by atoms with Gasteiger partial charge in [0.2, 0.25) is 5.91 Å². The first kappa shape index (κ1) is 19.6. The van der Waals surface area contributed by atoms with Crippen LogP contribution in [-0.4, -0.2) is 25.5 Å². The lowest BCUT2D eigenvalue weighted by atomic mass is 10.1. The molecule has 0 atom stereocenters. The molecule has 26 heavy (non-hydrogen) atoms. The second-order valence-electron chi connectivity index (χ2n) is 5.49. The maximum atomic E-state index is 12.4. The standard InChI is InChI=1S/C19H21ClN2O4/c1-4-26-18-16(20)9-14(10-17(18)25-3)19(24)21-11-13-6-5-7-15(8-13)22-12(2)23/h5-10H,4,11H2,1-3H3,(H,21,24)(H,22,23). The highest BCUT2D eigenvalue weighted by molar-refractivity contribution is 6.32. The van der Waals surface area contributed by atoms with Gasteiger partial charge in [-0.2, -0.15) is 0 Å². The van der Waals surface area contributed by atoms with Crippen molar-refractivity contribution in [2.24, 2.45) is 0 Å². The zero-order valence-electron chi connectivity index (χ0n) is 14.9. The summed E-state index contributed by atoms with van der Waals surface area (Å²) in [7, 11) is 1.49. The van der Waals surface area contributed by atoms with Gasteiger partial charge in [0.25, 0.3) is 5.91 Å². The van der Waals surface area contributed by atoms with Crippen LogP contribution in [0.4, 0.5) is 5.69 Å². The molecular formula is C19H21ClN2O4. The average Bonchev–Trinajstić information content (AvgIpc) is 2.61. The first-order valence-electron chi connectivity index (χ1n) is 8.09. The van der Waals surface area contributed by atoms with Gasteiger partial charge in [0, 0.05) is 24.7 Å². The van der Waals surface area contributed by atoms with E-state index in [1.165, 1.54) is 20.1 Å². The minimum absolute atomic E-state index is 0.151. The normalized spacial score (nSPS) is 10.2. The van der Waals surface area contributed by atoms with Crippen LogP contribution in [0.5, 0.6) is 11.5 Å². The van der Waals surface area contributed by atoms with Crippen LogP contribution in [0.2, 0.25) is 5.02 Å². The Kier molecular flexibility index (Phi) is 6.86. The van der Waals surface area contributed by atoms with Crippen molar-refractivity contribution in [3.63, 3.8) is 0 Å². The molecule has 0 saturated heterocycles. The third-order valence-corrected chi connectivity index (χ3v) is 3.76. The van der Waals surface area contributed by atoms with Crippen molar-refractivity contribution in [3.8, 4) is 11.5 Å². The molecule has 7 heteroatoms. The molecule has 138 valence electrons. The lowest BCUT2D eigenvalue weighted by molar-refractivity contribution is -0.114. The summed E-state index contributed by atoms with van der Waals surface area (Å²) in [5.74, 6) is 0.369. The summed E-state index contributed by atoms with van der Waals surface area (Å²) in [5, 5.41) is 5.83. The van der Waals surface area contributed by atoms with Crippen molar-refractivity contribution in [1.82, 2.24) is 5.32 Å². The average molecular weight is 377 g/mol. The summed E-state index contributed by atoms with van der Waals surface area (Å²) in [6, 6.07) is 10.4. The lowest BCUT2D eigenvalue weighted by Crippen LogP contribution is -2.23. The Bertz CT molecular complexity index is 808. The molecule has 0 spiro atoms. The fraction of sp³-hybridized carbons (Fsp3) is 0.263. The summed E-state index contributed by atoms with van der Waals surface area (Å²) < 4.78 is 10.7. The quantitative estimate of drug-likeness (QED) is 0.773. The molecule has 2 aromatic rings. The highest BCUT2D eigenvalue weighted by Gasteiger charge is 2.15. The monoisotopic (exact) mass is 376 g/mol. The van der Waals surface area contributed by atoms with E-state index in [0.29, 0.717) is 40.9 Å². The van der Waals surface area contributed by atoms with Gasteiger partial charge in [-0.1, -0.05) is 23.7 Å². The summed E-state index contributed by atoms with van der Waals surface area (Å²) >= 11 is 6.20.